The highest BCUT2D eigenvalue weighted by atomic mass is 19.1. The Morgan fingerprint density at radius 1 is 1.44 bits per heavy atom. The molecule has 1 fully saturated rings. The van der Waals surface area contributed by atoms with Crippen molar-refractivity contribution in [2.45, 2.75) is 18.9 Å². The van der Waals surface area contributed by atoms with Gasteiger partial charge in [-0.2, -0.15) is 0 Å². The fourth-order valence-electron chi connectivity index (χ4n) is 2.04. The van der Waals surface area contributed by atoms with Crippen molar-refractivity contribution in [3.05, 3.63) is 29.3 Å². The van der Waals surface area contributed by atoms with Crippen LogP contribution in [0.2, 0.25) is 0 Å². The van der Waals surface area contributed by atoms with Gasteiger partial charge in [-0.1, -0.05) is 0 Å². The molecule has 1 aliphatic heterocycles. The largest absolute Gasteiger partial charge is 0.381 e. The highest BCUT2D eigenvalue weighted by molar-refractivity contribution is 5.94. The summed E-state index contributed by atoms with van der Waals surface area (Å²) < 4.78 is 26.7. The van der Waals surface area contributed by atoms with Gasteiger partial charge in [-0.15, -0.1) is 0 Å². The highest BCUT2D eigenvalue weighted by Crippen LogP contribution is 2.19. The molecular weight excluding hydrogens is 240 g/mol. The number of nitrogens with one attached hydrogen (secondary N) is 2. The summed E-state index contributed by atoms with van der Waals surface area (Å²) in [5.41, 5.74) is 4.80. The molecule has 0 radical (unpaired) electrons. The topological polar surface area (TPSA) is 67.2 Å². The van der Waals surface area contributed by atoms with E-state index in [-0.39, 0.29) is 17.3 Å². The lowest BCUT2D eigenvalue weighted by Gasteiger charge is -2.14. The molecule has 0 spiro atoms. The van der Waals surface area contributed by atoms with Gasteiger partial charge in [0, 0.05) is 18.7 Å². The fourth-order valence-corrected chi connectivity index (χ4v) is 2.04. The van der Waals surface area contributed by atoms with Crippen LogP contribution in [0.25, 0.3) is 0 Å². The summed E-state index contributed by atoms with van der Waals surface area (Å²) in [6, 6.07) is 2.05. The van der Waals surface area contributed by atoms with Crippen molar-refractivity contribution in [3.63, 3.8) is 0 Å². The lowest BCUT2D eigenvalue weighted by Crippen LogP contribution is -2.29. The van der Waals surface area contributed by atoms with E-state index in [0.717, 1.165) is 25.5 Å². The predicted molar refractivity (Wildman–Crippen MR) is 64.4 cm³/mol. The second kappa shape index (κ2) is 5.30. The standard InChI is InChI=1S/C12H15F2N3O/c13-9-5-10(14)11(4-8(9)12(15)18)17-6-7-2-1-3-16-7/h4-5,7,16-17H,1-3,6H2,(H2,15,18). The molecule has 1 amide bonds. The molecule has 2 rings (SSSR count). The fraction of sp³-hybridized carbons (Fsp3) is 0.417. The molecule has 98 valence electrons. The van der Waals surface area contributed by atoms with Gasteiger partial charge in [0.2, 0.25) is 0 Å². The number of carbonyl (C=O) groups excluding carboxylic acids is 1. The lowest BCUT2D eigenvalue weighted by atomic mass is 10.1. The third-order valence-corrected chi connectivity index (χ3v) is 3.02. The number of primary amides is 1. The van der Waals surface area contributed by atoms with Gasteiger partial charge in [-0.3, -0.25) is 4.79 Å². The van der Waals surface area contributed by atoms with Gasteiger partial charge in [-0.25, -0.2) is 8.78 Å². The van der Waals surface area contributed by atoms with Crippen LogP contribution in [0.15, 0.2) is 12.1 Å². The molecule has 1 aliphatic rings. The molecular formula is C12H15F2N3O. The lowest BCUT2D eigenvalue weighted by molar-refractivity contribution is 0.0996. The Morgan fingerprint density at radius 3 is 2.83 bits per heavy atom. The molecule has 1 aromatic carbocycles. The van der Waals surface area contributed by atoms with Crippen LogP contribution in [0.3, 0.4) is 0 Å². The van der Waals surface area contributed by atoms with Gasteiger partial charge < -0.3 is 16.4 Å². The average molecular weight is 255 g/mol. The van der Waals surface area contributed by atoms with Crippen LogP contribution in [0.1, 0.15) is 23.2 Å². The van der Waals surface area contributed by atoms with Crippen LogP contribution in [-0.4, -0.2) is 25.0 Å². The number of benzene rings is 1. The van der Waals surface area contributed by atoms with E-state index in [1.165, 1.54) is 0 Å². The van der Waals surface area contributed by atoms with E-state index in [9.17, 15) is 13.6 Å². The molecule has 6 heteroatoms. The number of hydrogen-bond acceptors (Lipinski definition) is 3. The van der Waals surface area contributed by atoms with E-state index in [4.69, 9.17) is 5.73 Å². The smallest absolute Gasteiger partial charge is 0.251 e. The van der Waals surface area contributed by atoms with Crippen LogP contribution in [-0.2, 0) is 0 Å². The Hall–Kier alpha value is -1.69. The van der Waals surface area contributed by atoms with E-state index in [0.29, 0.717) is 12.6 Å². The number of nitrogens with two attached hydrogens (primary N) is 1. The normalized spacial score (nSPS) is 18.9. The van der Waals surface area contributed by atoms with Crippen molar-refractivity contribution in [2.75, 3.05) is 18.4 Å². The van der Waals surface area contributed by atoms with Gasteiger partial charge in [0.05, 0.1) is 11.3 Å². The van der Waals surface area contributed by atoms with Crippen LogP contribution in [0.4, 0.5) is 14.5 Å². The molecule has 1 saturated heterocycles. The highest BCUT2D eigenvalue weighted by Gasteiger charge is 2.16. The van der Waals surface area contributed by atoms with E-state index in [2.05, 4.69) is 10.6 Å². The first kappa shape index (κ1) is 12.8. The minimum atomic E-state index is -0.940. The number of carbonyl (C=O) groups is 1. The summed E-state index contributed by atoms with van der Waals surface area (Å²) in [6.45, 7) is 1.48. The molecule has 1 unspecified atom stereocenters. The average Bonchev–Trinajstić information content (AvgIpc) is 2.80. The summed E-state index contributed by atoms with van der Waals surface area (Å²) in [7, 11) is 0. The van der Waals surface area contributed by atoms with Gasteiger partial charge in [-0.05, 0) is 25.5 Å². The number of hydrogen-bond donors (Lipinski definition) is 3. The first-order valence-electron chi connectivity index (χ1n) is 5.84. The van der Waals surface area contributed by atoms with E-state index >= 15 is 0 Å². The summed E-state index contributed by atoms with van der Waals surface area (Å²) in [6.07, 6.45) is 2.10. The molecule has 4 N–H and O–H groups in total. The molecule has 4 nitrogen and oxygen atoms in total. The van der Waals surface area contributed by atoms with Crippen molar-refractivity contribution in [1.82, 2.24) is 5.32 Å². The van der Waals surface area contributed by atoms with E-state index in [1.807, 2.05) is 0 Å². The number of amides is 1. The molecule has 0 aliphatic carbocycles. The Kier molecular flexibility index (Phi) is 3.76. The van der Waals surface area contributed by atoms with Gasteiger partial charge in [0.25, 0.3) is 5.91 Å². The van der Waals surface area contributed by atoms with Gasteiger partial charge >= 0.3 is 0 Å². The number of rotatable bonds is 4. The summed E-state index contributed by atoms with van der Waals surface area (Å²) in [5, 5.41) is 6.11. The zero-order valence-corrected chi connectivity index (χ0v) is 9.80. The van der Waals surface area contributed by atoms with E-state index in [1.54, 1.807) is 0 Å². The van der Waals surface area contributed by atoms with Crippen LogP contribution in [0, 0.1) is 11.6 Å². The maximum atomic E-state index is 13.5. The van der Waals surface area contributed by atoms with Crippen LogP contribution in [0.5, 0.6) is 0 Å². The van der Waals surface area contributed by atoms with Crippen molar-refractivity contribution in [2.24, 2.45) is 5.73 Å². The molecule has 1 atom stereocenters. The zero-order valence-electron chi connectivity index (χ0n) is 9.80. The first-order valence-corrected chi connectivity index (χ1v) is 5.84. The zero-order chi connectivity index (χ0) is 13.1. The predicted octanol–water partition coefficient (Wildman–Crippen LogP) is 1.23. The van der Waals surface area contributed by atoms with Crippen molar-refractivity contribution in [3.8, 4) is 0 Å². The van der Waals surface area contributed by atoms with Crippen LogP contribution >= 0.6 is 0 Å². The van der Waals surface area contributed by atoms with Crippen molar-refractivity contribution >= 4 is 11.6 Å². The molecule has 0 aromatic heterocycles. The molecule has 18 heavy (non-hydrogen) atoms. The minimum Gasteiger partial charge on any atom is -0.381 e. The Balaban J connectivity index is 2.11. The maximum Gasteiger partial charge on any atom is 0.251 e. The number of halogens is 2. The second-order valence-corrected chi connectivity index (χ2v) is 4.35. The first-order chi connectivity index (χ1) is 8.58. The molecule has 1 aromatic rings. The Morgan fingerprint density at radius 2 is 2.22 bits per heavy atom. The number of anilines is 1. The Labute approximate surface area is 104 Å². The maximum absolute atomic E-state index is 13.5. The minimum absolute atomic E-state index is 0.0962. The summed E-state index contributed by atoms with van der Waals surface area (Å²) in [5.74, 6) is -2.57. The van der Waals surface area contributed by atoms with Crippen molar-refractivity contribution in [1.29, 1.82) is 0 Å². The second-order valence-electron chi connectivity index (χ2n) is 4.35. The quantitative estimate of drug-likeness (QED) is 0.758. The van der Waals surface area contributed by atoms with Gasteiger partial charge in [0.1, 0.15) is 11.6 Å². The third-order valence-electron chi connectivity index (χ3n) is 3.02. The monoisotopic (exact) mass is 255 g/mol. The third kappa shape index (κ3) is 2.76. The molecule has 0 saturated carbocycles. The summed E-state index contributed by atoms with van der Waals surface area (Å²) >= 11 is 0. The van der Waals surface area contributed by atoms with Crippen LogP contribution < -0.4 is 16.4 Å². The van der Waals surface area contributed by atoms with Gasteiger partial charge in [0.15, 0.2) is 0 Å². The summed E-state index contributed by atoms with van der Waals surface area (Å²) in [4.78, 5) is 11.0. The molecule has 1 heterocycles. The van der Waals surface area contributed by atoms with E-state index < -0.39 is 17.5 Å². The Bertz CT molecular complexity index is 459. The van der Waals surface area contributed by atoms with Crippen molar-refractivity contribution < 1.29 is 13.6 Å². The SMILES string of the molecule is NC(=O)c1cc(NCC2CCCN2)c(F)cc1F. The molecule has 0 bridgehead atoms.